The molecule has 1 aromatic carbocycles. The Morgan fingerprint density at radius 2 is 1.93 bits per heavy atom. The first kappa shape index (κ1) is 11.3. The van der Waals surface area contributed by atoms with E-state index in [2.05, 4.69) is 5.92 Å². The zero-order chi connectivity index (χ0) is 11.3. The predicted molar refractivity (Wildman–Crippen MR) is 58.3 cm³/mol. The molecule has 1 atom stereocenters. The lowest BCUT2D eigenvalue weighted by Crippen LogP contribution is -2.32. The molecule has 1 aromatic rings. The zero-order valence-corrected chi connectivity index (χ0v) is 8.31. The highest BCUT2D eigenvalue weighted by molar-refractivity contribution is 5.73. The van der Waals surface area contributed by atoms with Gasteiger partial charge in [-0.3, -0.25) is 4.79 Å². The van der Waals surface area contributed by atoms with Crippen LogP contribution in [0.5, 0.6) is 0 Å². The maximum absolute atomic E-state index is 10.5. The number of carbonyl (C=O) groups is 1. The van der Waals surface area contributed by atoms with Crippen LogP contribution in [0.15, 0.2) is 24.3 Å². The van der Waals surface area contributed by atoms with E-state index in [4.69, 9.17) is 17.3 Å². The molecule has 0 amide bonds. The lowest BCUT2D eigenvalue weighted by atomic mass is 10.0. The van der Waals surface area contributed by atoms with Crippen LogP contribution < -0.4 is 5.73 Å². The van der Waals surface area contributed by atoms with E-state index in [1.807, 2.05) is 24.3 Å². The predicted octanol–water partition coefficient (Wildman–Crippen LogP) is 0.817. The van der Waals surface area contributed by atoms with Gasteiger partial charge in [0.25, 0.3) is 0 Å². The van der Waals surface area contributed by atoms with Gasteiger partial charge in [0, 0.05) is 6.42 Å². The topological polar surface area (TPSA) is 63.3 Å². The quantitative estimate of drug-likeness (QED) is 0.712. The van der Waals surface area contributed by atoms with Gasteiger partial charge in [0.15, 0.2) is 0 Å². The van der Waals surface area contributed by atoms with Crippen LogP contribution in [0.3, 0.4) is 0 Å². The smallest absolute Gasteiger partial charge is 0.320 e. The molecule has 15 heavy (non-hydrogen) atoms. The fourth-order valence-corrected chi connectivity index (χ4v) is 1.25. The summed E-state index contributed by atoms with van der Waals surface area (Å²) in [5.41, 5.74) is 7.37. The maximum Gasteiger partial charge on any atom is 0.320 e. The van der Waals surface area contributed by atoms with Crippen LogP contribution >= 0.6 is 0 Å². The van der Waals surface area contributed by atoms with Crippen LogP contribution in [0.4, 0.5) is 0 Å². The Balaban J connectivity index is 2.65. The van der Waals surface area contributed by atoms with E-state index >= 15 is 0 Å². The minimum Gasteiger partial charge on any atom is -0.480 e. The average Bonchev–Trinajstić information content (AvgIpc) is 2.21. The highest BCUT2D eigenvalue weighted by Crippen LogP contribution is 2.06. The summed E-state index contributed by atoms with van der Waals surface area (Å²) in [6.07, 6.45) is 6.10. The molecule has 78 valence electrons. The first-order valence-electron chi connectivity index (χ1n) is 4.63. The third kappa shape index (κ3) is 3.45. The van der Waals surface area contributed by atoms with E-state index in [0.717, 1.165) is 11.1 Å². The molecular weight excluding hydrogens is 190 g/mol. The Morgan fingerprint density at radius 1 is 1.40 bits per heavy atom. The number of aliphatic carboxylic acids is 1. The van der Waals surface area contributed by atoms with Crippen molar-refractivity contribution in [2.24, 2.45) is 5.73 Å². The number of terminal acetylenes is 1. The molecule has 3 heteroatoms. The monoisotopic (exact) mass is 203 g/mol. The van der Waals surface area contributed by atoms with Crippen LogP contribution in [-0.4, -0.2) is 17.1 Å². The minimum atomic E-state index is -0.984. The molecule has 1 rings (SSSR count). The number of carboxylic acids is 1. The van der Waals surface area contributed by atoms with Crippen molar-refractivity contribution in [2.75, 3.05) is 0 Å². The van der Waals surface area contributed by atoms with Crippen molar-refractivity contribution in [2.45, 2.75) is 18.9 Å². The molecule has 0 heterocycles. The summed E-state index contributed by atoms with van der Waals surface area (Å²) in [7, 11) is 0. The number of rotatable bonds is 4. The van der Waals surface area contributed by atoms with Gasteiger partial charge in [-0.1, -0.05) is 24.3 Å². The maximum atomic E-state index is 10.5. The van der Waals surface area contributed by atoms with E-state index in [9.17, 15) is 4.79 Å². The third-order valence-electron chi connectivity index (χ3n) is 2.10. The van der Waals surface area contributed by atoms with Gasteiger partial charge in [0.2, 0.25) is 0 Å². The third-order valence-corrected chi connectivity index (χ3v) is 2.10. The van der Waals surface area contributed by atoms with E-state index in [-0.39, 0.29) is 0 Å². The highest BCUT2D eigenvalue weighted by Gasteiger charge is 2.11. The molecule has 3 nitrogen and oxygen atoms in total. The summed E-state index contributed by atoms with van der Waals surface area (Å²) in [5, 5.41) is 8.63. The van der Waals surface area contributed by atoms with Crippen LogP contribution in [0, 0.1) is 12.3 Å². The van der Waals surface area contributed by atoms with Crippen LogP contribution in [0.25, 0.3) is 0 Å². The Hall–Kier alpha value is -1.79. The van der Waals surface area contributed by atoms with Gasteiger partial charge >= 0.3 is 5.97 Å². The number of benzene rings is 1. The number of nitrogens with two attached hydrogens (primary N) is 1. The van der Waals surface area contributed by atoms with Crippen LogP contribution in [0.2, 0.25) is 0 Å². The molecule has 0 saturated carbocycles. The Labute approximate surface area is 88.9 Å². The second-order valence-electron chi connectivity index (χ2n) is 3.35. The summed E-state index contributed by atoms with van der Waals surface area (Å²) in [5.74, 6) is 1.56. The second-order valence-corrected chi connectivity index (χ2v) is 3.35. The van der Waals surface area contributed by atoms with Gasteiger partial charge in [-0.05, 0) is 17.5 Å². The molecule has 0 aliphatic heterocycles. The average molecular weight is 203 g/mol. The zero-order valence-electron chi connectivity index (χ0n) is 8.31. The number of carboxylic acid groups (broad SMARTS) is 1. The van der Waals surface area contributed by atoms with Crippen molar-refractivity contribution in [3.8, 4) is 12.3 Å². The minimum absolute atomic E-state index is 0.339. The van der Waals surface area contributed by atoms with Gasteiger partial charge in [0.05, 0.1) is 0 Å². The lowest BCUT2D eigenvalue weighted by molar-refractivity contribution is -0.138. The number of hydrogen-bond acceptors (Lipinski definition) is 2. The fourth-order valence-electron chi connectivity index (χ4n) is 1.25. The molecule has 0 aliphatic carbocycles. The van der Waals surface area contributed by atoms with Gasteiger partial charge in [-0.2, -0.15) is 0 Å². The van der Waals surface area contributed by atoms with Gasteiger partial charge in [0.1, 0.15) is 6.04 Å². The van der Waals surface area contributed by atoms with E-state index in [1.54, 1.807) is 0 Å². The molecule has 0 radical (unpaired) electrons. The molecule has 0 unspecified atom stereocenters. The molecule has 0 fully saturated rings. The van der Waals surface area contributed by atoms with Gasteiger partial charge in [-0.25, -0.2) is 0 Å². The second kappa shape index (κ2) is 5.18. The van der Waals surface area contributed by atoms with Crippen LogP contribution in [-0.2, 0) is 17.6 Å². The van der Waals surface area contributed by atoms with Crippen molar-refractivity contribution in [3.05, 3.63) is 35.4 Å². The van der Waals surface area contributed by atoms with Gasteiger partial charge < -0.3 is 10.8 Å². The van der Waals surface area contributed by atoms with Crippen molar-refractivity contribution >= 4 is 5.97 Å². The van der Waals surface area contributed by atoms with Gasteiger partial charge in [-0.15, -0.1) is 12.3 Å². The first-order chi connectivity index (χ1) is 7.13. The largest absolute Gasteiger partial charge is 0.480 e. The van der Waals surface area contributed by atoms with E-state index in [0.29, 0.717) is 12.8 Å². The highest BCUT2D eigenvalue weighted by atomic mass is 16.4. The SMILES string of the molecule is C#CCc1ccc(C[C@H](N)C(=O)O)cc1. The summed E-state index contributed by atoms with van der Waals surface area (Å²) >= 11 is 0. The molecule has 0 spiro atoms. The fraction of sp³-hybridized carbons (Fsp3) is 0.250. The van der Waals surface area contributed by atoms with Crippen molar-refractivity contribution in [1.82, 2.24) is 0 Å². The Kier molecular flexibility index (Phi) is 3.90. The Bertz CT molecular complexity index is 376. The molecule has 0 aromatic heterocycles. The van der Waals surface area contributed by atoms with Crippen LogP contribution in [0.1, 0.15) is 11.1 Å². The van der Waals surface area contributed by atoms with E-state index < -0.39 is 12.0 Å². The molecule has 0 bridgehead atoms. The summed E-state index contributed by atoms with van der Waals surface area (Å²) in [4.78, 5) is 10.5. The Morgan fingerprint density at radius 3 is 2.40 bits per heavy atom. The normalized spacial score (nSPS) is 11.7. The van der Waals surface area contributed by atoms with Crippen molar-refractivity contribution < 1.29 is 9.90 Å². The first-order valence-corrected chi connectivity index (χ1v) is 4.63. The molecular formula is C12H13NO2. The molecule has 0 saturated heterocycles. The summed E-state index contributed by atoms with van der Waals surface area (Å²) < 4.78 is 0. The summed E-state index contributed by atoms with van der Waals surface area (Å²) in [6.45, 7) is 0. The van der Waals surface area contributed by atoms with E-state index in [1.165, 1.54) is 0 Å². The summed E-state index contributed by atoms with van der Waals surface area (Å²) in [6, 6.07) is 6.65. The lowest BCUT2D eigenvalue weighted by Gasteiger charge is -2.06. The standard InChI is InChI=1S/C12H13NO2/c1-2-3-9-4-6-10(7-5-9)8-11(13)12(14)15/h1,4-7,11H,3,8,13H2,(H,14,15)/t11-/m0/s1. The molecule has 3 N–H and O–H groups in total. The van der Waals surface area contributed by atoms with Crippen molar-refractivity contribution in [3.63, 3.8) is 0 Å². The number of hydrogen-bond donors (Lipinski definition) is 2. The van der Waals surface area contributed by atoms with Crippen molar-refractivity contribution in [1.29, 1.82) is 0 Å². The molecule has 0 aliphatic rings.